The van der Waals surface area contributed by atoms with Crippen molar-refractivity contribution in [3.63, 3.8) is 0 Å². The molecule has 0 saturated carbocycles. The molecule has 2 amide bonds. The number of carbonyl (C=O) groups excluding carboxylic acids is 2. The van der Waals surface area contributed by atoms with E-state index in [4.69, 9.17) is 9.47 Å². The van der Waals surface area contributed by atoms with Crippen molar-refractivity contribution in [3.05, 3.63) is 167 Å². The van der Waals surface area contributed by atoms with E-state index in [0.29, 0.717) is 35.5 Å². The van der Waals surface area contributed by atoms with Crippen molar-refractivity contribution < 1.29 is 19.1 Å². The van der Waals surface area contributed by atoms with Gasteiger partial charge in [-0.1, -0.05) is 109 Å². The number of rotatable bonds is 10. The van der Waals surface area contributed by atoms with Gasteiger partial charge in [0.1, 0.15) is 5.71 Å². The van der Waals surface area contributed by atoms with Gasteiger partial charge in [-0.25, -0.2) is 0 Å². The van der Waals surface area contributed by atoms with Gasteiger partial charge in [-0.3, -0.25) is 9.59 Å². The van der Waals surface area contributed by atoms with Gasteiger partial charge in [-0.2, -0.15) is 15.2 Å². The van der Waals surface area contributed by atoms with Crippen LogP contribution in [0.15, 0.2) is 149 Å². The van der Waals surface area contributed by atoms with Gasteiger partial charge in [-0.15, -0.1) is 5.10 Å². The van der Waals surface area contributed by atoms with E-state index >= 15 is 0 Å². The SMILES string of the molecule is COc1ccc(CC(C)=NN=C(c2ccccc2)c2ccccc2)cc1OC.O=C1c2ccccc2C(=O)N1N=CCc1ccccc1. The Bertz CT molecular complexity index is 1860. The molecule has 48 heavy (non-hydrogen) atoms. The Hall–Kier alpha value is -6.15. The van der Waals surface area contributed by atoms with Gasteiger partial charge in [0.05, 0.1) is 25.3 Å². The standard InChI is InChI=1S/C24H24N2O2.C16H12N2O2/c1-18(16-19-14-15-22(27-2)23(17-19)28-3)25-26-24(20-10-6-4-7-11-20)21-12-8-5-9-13-21;19-15-13-8-4-5-9-14(13)16(20)18(15)17-11-10-12-6-2-1-3-7-12/h4-15,17H,16H2,1-3H3;1-9,11H,10H2. The maximum absolute atomic E-state index is 12.0. The summed E-state index contributed by atoms with van der Waals surface area (Å²) in [5, 5.41) is 14.0. The molecule has 0 spiro atoms. The summed E-state index contributed by atoms with van der Waals surface area (Å²) >= 11 is 0. The smallest absolute Gasteiger partial charge is 0.282 e. The number of ether oxygens (including phenoxy) is 2. The first-order valence-corrected chi connectivity index (χ1v) is 15.5. The summed E-state index contributed by atoms with van der Waals surface area (Å²) in [4.78, 5) is 24.1. The van der Waals surface area contributed by atoms with Gasteiger partial charge in [0.2, 0.25) is 0 Å². The summed E-state index contributed by atoms with van der Waals surface area (Å²) in [6, 6.07) is 42.6. The first-order valence-electron chi connectivity index (χ1n) is 15.5. The molecule has 0 unspecified atom stereocenters. The Morgan fingerprint density at radius 1 is 0.625 bits per heavy atom. The van der Waals surface area contributed by atoms with Crippen molar-refractivity contribution in [2.24, 2.45) is 15.3 Å². The molecule has 1 aliphatic heterocycles. The molecule has 0 fully saturated rings. The Morgan fingerprint density at radius 3 is 1.69 bits per heavy atom. The molecule has 8 heteroatoms. The maximum atomic E-state index is 12.0. The highest BCUT2D eigenvalue weighted by atomic mass is 16.5. The van der Waals surface area contributed by atoms with E-state index in [1.807, 2.05) is 116 Å². The Kier molecular flexibility index (Phi) is 11.4. The van der Waals surface area contributed by atoms with Crippen LogP contribution < -0.4 is 9.47 Å². The van der Waals surface area contributed by atoms with Crippen LogP contribution >= 0.6 is 0 Å². The van der Waals surface area contributed by atoms with Crippen LogP contribution in [-0.4, -0.2) is 48.7 Å². The molecule has 1 heterocycles. The summed E-state index contributed by atoms with van der Waals surface area (Å²) < 4.78 is 10.7. The number of hydrazone groups is 1. The Morgan fingerprint density at radius 2 is 1.15 bits per heavy atom. The molecule has 0 aromatic heterocycles. The molecule has 240 valence electrons. The quantitative estimate of drug-likeness (QED) is 0.0894. The van der Waals surface area contributed by atoms with Crippen molar-refractivity contribution in [2.75, 3.05) is 14.2 Å². The molecule has 0 atom stereocenters. The lowest BCUT2D eigenvalue weighted by Gasteiger charge is -2.09. The molecule has 5 aromatic carbocycles. The zero-order valence-electron chi connectivity index (χ0n) is 27.1. The molecule has 0 N–H and O–H groups in total. The number of nitrogens with zero attached hydrogens (tertiary/aromatic N) is 4. The fourth-order valence-electron chi connectivity index (χ4n) is 5.05. The van der Waals surface area contributed by atoms with Crippen LogP contribution in [0.3, 0.4) is 0 Å². The molecule has 0 aliphatic carbocycles. The van der Waals surface area contributed by atoms with Gasteiger partial charge in [0, 0.05) is 35.9 Å². The second-order valence-corrected chi connectivity index (χ2v) is 10.8. The van der Waals surface area contributed by atoms with Gasteiger partial charge in [0.25, 0.3) is 11.8 Å². The number of benzene rings is 5. The minimum absolute atomic E-state index is 0.366. The average Bonchev–Trinajstić information content (AvgIpc) is 3.38. The van der Waals surface area contributed by atoms with Crippen molar-refractivity contribution in [2.45, 2.75) is 19.8 Å². The molecule has 0 radical (unpaired) electrons. The second kappa shape index (κ2) is 16.4. The van der Waals surface area contributed by atoms with E-state index in [0.717, 1.165) is 38.7 Å². The molecular weight excluding hydrogens is 600 g/mol. The lowest BCUT2D eigenvalue weighted by Crippen LogP contribution is -2.24. The zero-order chi connectivity index (χ0) is 33.7. The first-order chi connectivity index (χ1) is 23.5. The number of hydrogen-bond acceptors (Lipinski definition) is 7. The lowest BCUT2D eigenvalue weighted by molar-refractivity contribution is 0.0659. The van der Waals surface area contributed by atoms with E-state index < -0.39 is 0 Å². The third-order valence-corrected chi connectivity index (χ3v) is 7.46. The van der Waals surface area contributed by atoms with Crippen LogP contribution in [0.2, 0.25) is 0 Å². The number of amides is 2. The Balaban J connectivity index is 0.000000198. The topological polar surface area (TPSA) is 92.9 Å². The minimum Gasteiger partial charge on any atom is -0.493 e. The van der Waals surface area contributed by atoms with Crippen molar-refractivity contribution in [1.29, 1.82) is 0 Å². The predicted molar refractivity (Wildman–Crippen MR) is 190 cm³/mol. The van der Waals surface area contributed by atoms with Gasteiger partial charge in [-0.05, 0) is 42.3 Å². The van der Waals surface area contributed by atoms with Crippen LogP contribution in [-0.2, 0) is 12.8 Å². The third kappa shape index (κ3) is 8.35. The molecule has 8 nitrogen and oxygen atoms in total. The van der Waals surface area contributed by atoms with Crippen LogP contribution in [0, 0.1) is 0 Å². The average molecular weight is 637 g/mol. The largest absolute Gasteiger partial charge is 0.493 e. The highest BCUT2D eigenvalue weighted by Gasteiger charge is 2.35. The number of imide groups is 1. The second-order valence-electron chi connectivity index (χ2n) is 10.8. The number of fused-ring (bicyclic) bond motifs is 1. The number of hydrogen-bond donors (Lipinski definition) is 0. The summed E-state index contributed by atoms with van der Waals surface area (Å²) in [6.45, 7) is 1.98. The third-order valence-electron chi connectivity index (χ3n) is 7.46. The zero-order valence-corrected chi connectivity index (χ0v) is 27.1. The molecule has 0 bridgehead atoms. The summed E-state index contributed by atoms with van der Waals surface area (Å²) in [5.74, 6) is 0.699. The van der Waals surface area contributed by atoms with Gasteiger partial charge in [0.15, 0.2) is 11.5 Å². The molecule has 1 aliphatic rings. The number of carbonyl (C=O) groups is 2. The minimum atomic E-state index is -0.366. The first kappa shape index (κ1) is 33.2. The van der Waals surface area contributed by atoms with Crippen molar-refractivity contribution in [1.82, 2.24) is 5.01 Å². The molecule has 6 rings (SSSR count). The fraction of sp³-hybridized carbons (Fsp3) is 0.125. The number of methoxy groups -OCH3 is 2. The summed E-state index contributed by atoms with van der Waals surface area (Å²) in [5.41, 5.74) is 6.84. The molecule has 0 saturated heterocycles. The predicted octanol–water partition coefficient (Wildman–Crippen LogP) is 7.67. The maximum Gasteiger partial charge on any atom is 0.282 e. The van der Waals surface area contributed by atoms with E-state index in [1.54, 1.807) is 44.7 Å². The summed E-state index contributed by atoms with van der Waals surface area (Å²) in [6.07, 6.45) is 2.84. The van der Waals surface area contributed by atoms with Crippen molar-refractivity contribution in [3.8, 4) is 11.5 Å². The van der Waals surface area contributed by atoms with E-state index in [1.165, 1.54) is 0 Å². The van der Waals surface area contributed by atoms with E-state index in [-0.39, 0.29) is 11.8 Å². The van der Waals surface area contributed by atoms with E-state index in [2.05, 4.69) is 15.3 Å². The van der Waals surface area contributed by atoms with Crippen LogP contribution in [0.4, 0.5) is 0 Å². The highest BCUT2D eigenvalue weighted by molar-refractivity contribution is 6.21. The molecule has 5 aromatic rings. The summed E-state index contributed by atoms with van der Waals surface area (Å²) in [7, 11) is 3.27. The van der Waals surface area contributed by atoms with Crippen LogP contribution in [0.1, 0.15) is 49.9 Å². The monoisotopic (exact) mass is 636 g/mol. The lowest BCUT2D eigenvalue weighted by atomic mass is 10.0. The van der Waals surface area contributed by atoms with Crippen LogP contribution in [0.5, 0.6) is 11.5 Å². The Labute approximate surface area is 280 Å². The van der Waals surface area contributed by atoms with Crippen LogP contribution in [0.25, 0.3) is 0 Å². The van der Waals surface area contributed by atoms with Crippen molar-refractivity contribution >= 4 is 29.5 Å². The fourth-order valence-corrected chi connectivity index (χ4v) is 5.05. The van der Waals surface area contributed by atoms with Gasteiger partial charge < -0.3 is 9.47 Å². The molecular formula is C40H36N4O4. The normalized spacial score (nSPS) is 12.3. The van der Waals surface area contributed by atoms with Gasteiger partial charge >= 0.3 is 0 Å². The van der Waals surface area contributed by atoms with E-state index in [9.17, 15) is 9.59 Å². The highest BCUT2D eigenvalue weighted by Crippen LogP contribution is 2.28.